The minimum atomic E-state index is -0.728. The van der Waals surface area contributed by atoms with Crippen LogP contribution in [0.5, 0.6) is 11.5 Å². The summed E-state index contributed by atoms with van der Waals surface area (Å²) in [5.41, 5.74) is 7.78. The molecule has 1 atom stereocenters. The van der Waals surface area contributed by atoms with E-state index >= 15 is 0 Å². The lowest BCUT2D eigenvalue weighted by Gasteiger charge is -2.23. The highest BCUT2D eigenvalue weighted by Gasteiger charge is 2.11. The van der Waals surface area contributed by atoms with Crippen LogP contribution in [0.3, 0.4) is 0 Å². The highest BCUT2D eigenvalue weighted by Crippen LogP contribution is 2.31. The molecule has 5 heteroatoms. The summed E-state index contributed by atoms with van der Waals surface area (Å²) in [5, 5.41) is 0. The third-order valence-electron chi connectivity index (χ3n) is 6.49. The molecule has 0 saturated carbocycles. The number of ether oxygens (including phenoxy) is 3. The summed E-state index contributed by atoms with van der Waals surface area (Å²) in [7, 11) is 1.66. The second-order valence-corrected chi connectivity index (χ2v) is 9.31. The number of anilines is 2. The van der Waals surface area contributed by atoms with Gasteiger partial charge in [0.1, 0.15) is 11.5 Å². The number of benzene rings is 4. The summed E-state index contributed by atoms with van der Waals surface area (Å²) in [5.74, 6) is 0.873. The van der Waals surface area contributed by atoms with Crippen molar-refractivity contribution < 1.29 is 19.0 Å². The topological polar surface area (TPSA) is 48.0 Å². The van der Waals surface area contributed by atoms with Gasteiger partial charge in [-0.2, -0.15) is 0 Å². The number of rotatable bonds is 11. The summed E-state index contributed by atoms with van der Waals surface area (Å²) >= 11 is 0. The minimum absolute atomic E-state index is 0.527. The van der Waals surface area contributed by atoms with E-state index in [-0.39, 0.29) is 0 Å². The van der Waals surface area contributed by atoms with Gasteiger partial charge in [-0.25, -0.2) is 4.79 Å². The van der Waals surface area contributed by atoms with Gasteiger partial charge in [-0.15, -0.1) is 0 Å². The Morgan fingerprint density at radius 2 is 1.35 bits per heavy atom. The zero-order chi connectivity index (χ0) is 28.5. The van der Waals surface area contributed by atoms with Gasteiger partial charge in [0.2, 0.25) is 6.29 Å². The van der Waals surface area contributed by atoms with E-state index in [0.29, 0.717) is 5.75 Å². The second-order valence-electron chi connectivity index (χ2n) is 9.31. The standard InChI is InChI=1S/C35H35NO4/c1-6-35(37)40-26(4)39-33-22-14-29(15-23-33)34(28-12-20-32(38-5)21-13-28)24-27-10-18-31(19-11-27)36(7-2)30-16-8-25(3)9-17-30/h6,8-24,26H,1,7H2,2-5H3. The Balaban J connectivity index is 1.63. The van der Waals surface area contributed by atoms with Crippen LogP contribution in [0.1, 0.15) is 36.1 Å². The molecule has 0 amide bonds. The number of hydrogen-bond donors (Lipinski definition) is 0. The fraction of sp³-hybridized carbons (Fsp3) is 0.171. The number of aryl methyl sites for hydroxylation is 1. The SMILES string of the molecule is C=CC(=O)OC(C)Oc1ccc(C(=Cc2ccc(N(CC)c3ccc(C)cc3)cc2)c2ccc(OC)cc2)cc1. The van der Waals surface area contributed by atoms with Gasteiger partial charge >= 0.3 is 5.97 Å². The first kappa shape index (κ1) is 28.2. The lowest BCUT2D eigenvalue weighted by molar-refractivity contribution is -0.154. The molecule has 40 heavy (non-hydrogen) atoms. The van der Waals surface area contributed by atoms with Gasteiger partial charge in [-0.1, -0.05) is 60.7 Å². The van der Waals surface area contributed by atoms with Gasteiger partial charge in [0.15, 0.2) is 0 Å². The first-order valence-corrected chi connectivity index (χ1v) is 13.3. The molecule has 0 radical (unpaired) electrons. The Labute approximate surface area is 236 Å². The van der Waals surface area contributed by atoms with Crippen LogP contribution in [0.4, 0.5) is 11.4 Å². The number of carbonyl (C=O) groups excluding carboxylic acids is 1. The molecule has 0 fully saturated rings. The van der Waals surface area contributed by atoms with E-state index in [2.05, 4.69) is 92.1 Å². The smallest absolute Gasteiger partial charge is 0.333 e. The van der Waals surface area contributed by atoms with Gasteiger partial charge in [0.05, 0.1) is 7.11 Å². The Bertz CT molecular complexity index is 1440. The van der Waals surface area contributed by atoms with Gasteiger partial charge in [0, 0.05) is 30.9 Å². The number of esters is 1. The second kappa shape index (κ2) is 13.3. The van der Waals surface area contributed by atoms with E-state index in [1.165, 1.54) is 11.3 Å². The van der Waals surface area contributed by atoms with E-state index in [4.69, 9.17) is 14.2 Å². The number of hydrogen-bond acceptors (Lipinski definition) is 5. The van der Waals surface area contributed by atoms with Crippen molar-refractivity contribution in [1.82, 2.24) is 0 Å². The number of carbonyl (C=O) groups is 1. The Kier molecular flexibility index (Phi) is 9.42. The molecular formula is C35H35NO4. The van der Waals surface area contributed by atoms with Gasteiger partial charge in [0.25, 0.3) is 0 Å². The van der Waals surface area contributed by atoms with E-state index in [0.717, 1.165) is 46.3 Å². The van der Waals surface area contributed by atoms with Crippen molar-refractivity contribution in [3.63, 3.8) is 0 Å². The van der Waals surface area contributed by atoms with Crippen LogP contribution >= 0.6 is 0 Å². The molecule has 4 aromatic rings. The summed E-state index contributed by atoms with van der Waals surface area (Å²) in [6.07, 6.45) is 2.57. The number of methoxy groups -OCH3 is 1. The molecule has 0 aliphatic carbocycles. The summed E-state index contributed by atoms with van der Waals surface area (Å²) < 4.78 is 16.2. The summed E-state index contributed by atoms with van der Waals surface area (Å²) in [6, 6.07) is 33.0. The fourth-order valence-electron chi connectivity index (χ4n) is 4.40. The molecule has 0 heterocycles. The highest BCUT2D eigenvalue weighted by atomic mass is 16.7. The van der Waals surface area contributed by atoms with E-state index in [1.54, 1.807) is 14.0 Å². The maximum Gasteiger partial charge on any atom is 0.333 e. The van der Waals surface area contributed by atoms with Gasteiger partial charge in [-0.3, -0.25) is 0 Å². The number of nitrogens with zero attached hydrogens (tertiary/aromatic N) is 1. The van der Waals surface area contributed by atoms with Crippen molar-refractivity contribution in [3.05, 3.63) is 132 Å². The van der Waals surface area contributed by atoms with E-state index < -0.39 is 12.3 Å². The van der Waals surface area contributed by atoms with Crippen molar-refractivity contribution in [2.45, 2.75) is 27.1 Å². The lowest BCUT2D eigenvalue weighted by atomic mass is 9.95. The molecule has 5 nitrogen and oxygen atoms in total. The molecule has 0 spiro atoms. The third-order valence-corrected chi connectivity index (χ3v) is 6.49. The lowest BCUT2D eigenvalue weighted by Crippen LogP contribution is -2.19. The van der Waals surface area contributed by atoms with Crippen LogP contribution in [-0.4, -0.2) is 25.9 Å². The summed E-state index contributed by atoms with van der Waals surface area (Å²) in [6.45, 7) is 10.2. The first-order valence-electron chi connectivity index (χ1n) is 13.3. The normalized spacial score (nSPS) is 11.8. The van der Waals surface area contributed by atoms with Crippen LogP contribution in [0.15, 0.2) is 110 Å². The van der Waals surface area contributed by atoms with Crippen molar-refractivity contribution in [1.29, 1.82) is 0 Å². The largest absolute Gasteiger partial charge is 0.497 e. The van der Waals surface area contributed by atoms with Crippen molar-refractivity contribution in [2.75, 3.05) is 18.6 Å². The minimum Gasteiger partial charge on any atom is -0.497 e. The maximum absolute atomic E-state index is 11.5. The average molecular weight is 534 g/mol. The quantitative estimate of drug-likeness (QED) is 0.0842. The first-order chi connectivity index (χ1) is 19.4. The van der Waals surface area contributed by atoms with Crippen LogP contribution < -0.4 is 14.4 Å². The van der Waals surface area contributed by atoms with Crippen LogP contribution in [0, 0.1) is 6.92 Å². The van der Waals surface area contributed by atoms with Crippen LogP contribution in [0.25, 0.3) is 11.6 Å². The van der Waals surface area contributed by atoms with Crippen molar-refractivity contribution in [3.8, 4) is 11.5 Å². The molecule has 0 N–H and O–H groups in total. The molecule has 0 aliphatic rings. The molecule has 204 valence electrons. The Hall–Kier alpha value is -4.77. The predicted molar refractivity (Wildman–Crippen MR) is 163 cm³/mol. The molecule has 0 bridgehead atoms. The molecule has 1 unspecified atom stereocenters. The van der Waals surface area contributed by atoms with Gasteiger partial charge < -0.3 is 19.1 Å². The molecule has 0 saturated heterocycles. The molecule has 0 aromatic heterocycles. The van der Waals surface area contributed by atoms with Crippen LogP contribution in [0.2, 0.25) is 0 Å². The highest BCUT2D eigenvalue weighted by molar-refractivity contribution is 5.91. The van der Waals surface area contributed by atoms with E-state index in [9.17, 15) is 4.79 Å². The Morgan fingerprint density at radius 1 is 0.825 bits per heavy atom. The van der Waals surface area contributed by atoms with Gasteiger partial charge in [-0.05, 0) is 90.7 Å². The maximum atomic E-state index is 11.5. The molecular weight excluding hydrogens is 498 g/mol. The molecule has 4 aromatic carbocycles. The predicted octanol–water partition coefficient (Wildman–Crippen LogP) is 8.20. The molecule has 4 rings (SSSR count). The van der Waals surface area contributed by atoms with E-state index in [1.807, 2.05) is 36.4 Å². The third kappa shape index (κ3) is 7.20. The zero-order valence-corrected chi connectivity index (χ0v) is 23.5. The average Bonchev–Trinajstić information content (AvgIpc) is 2.98. The summed E-state index contributed by atoms with van der Waals surface area (Å²) in [4.78, 5) is 13.7. The molecule has 0 aliphatic heterocycles. The van der Waals surface area contributed by atoms with Crippen molar-refractivity contribution >= 4 is 29.0 Å². The van der Waals surface area contributed by atoms with Crippen LogP contribution in [-0.2, 0) is 9.53 Å². The zero-order valence-electron chi connectivity index (χ0n) is 23.5. The Morgan fingerprint density at radius 3 is 1.85 bits per heavy atom. The van der Waals surface area contributed by atoms with Crippen molar-refractivity contribution in [2.24, 2.45) is 0 Å². The fourth-order valence-corrected chi connectivity index (χ4v) is 4.40. The monoisotopic (exact) mass is 533 g/mol.